The summed E-state index contributed by atoms with van der Waals surface area (Å²) in [7, 11) is 0. The Morgan fingerprint density at radius 3 is 1.46 bits per heavy atom. The Hall–Kier alpha value is -3.75. The molecule has 0 aliphatic rings. The monoisotopic (exact) mass is 499 g/mol. The van der Waals surface area contributed by atoms with E-state index in [9.17, 15) is 44.4 Å². The van der Waals surface area contributed by atoms with Gasteiger partial charge in [0.1, 0.15) is 5.75 Å². The van der Waals surface area contributed by atoms with Gasteiger partial charge in [-0.15, -0.1) is 0 Å². The maximum atomic E-state index is 11.4. The first-order valence-corrected chi connectivity index (χ1v) is 10.4. The van der Waals surface area contributed by atoms with E-state index in [-0.39, 0.29) is 31.8 Å². The summed E-state index contributed by atoms with van der Waals surface area (Å²) in [5, 5.41) is 55.4. The highest BCUT2D eigenvalue weighted by Gasteiger charge is 2.27. The van der Waals surface area contributed by atoms with Crippen LogP contribution in [-0.2, 0) is 30.4 Å². The van der Waals surface area contributed by atoms with Gasteiger partial charge < -0.3 is 30.6 Å². The van der Waals surface area contributed by atoms with E-state index in [0.717, 1.165) is 4.90 Å². The van der Waals surface area contributed by atoms with Crippen LogP contribution in [-0.4, -0.2) is 134 Å². The van der Waals surface area contributed by atoms with Gasteiger partial charge in [-0.25, -0.2) is 0 Å². The van der Waals surface area contributed by atoms with E-state index >= 15 is 0 Å². The second-order valence-corrected chi connectivity index (χ2v) is 7.84. The molecule has 0 saturated carbocycles. The summed E-state index contributed by atoms with van der Waals surface area (Å²) in [6, 6.07) is 5.13. The lowest BCUT2D eigenvalue weighted by molar-refractivity contribution is -0.144. The summed E-state index contributed by atoms with van der Waals surface area (Å²) < 4.78 is 0. The maximum Gasteiger partial charge on any atom is 0.317 e. The molecule has 1 aromatic carbocycles. The molecular weight excluding hydrogens is 470 g/mol. The number of phenols is 1. The van der Waals surface area contributed by atoms with Crippen LogP contribution in [0.4, 0.5) is 0 Å². The minimum absolute atomic E-state index is 0.0114. The van der Waals surface area contributed by atoms with Crippen molar-refractivity contribution in [3.8, 4) is 5.75 Å². The molecule has 6 N–H and O–H groups in total. The third kappa shape index (κ3) is 12.9. The highest BCUT2D eigenvalue weighted by atomic mass is 16.4. The number of aliphatic carboxylic acids is 5. The number of aromatic hydroxyl groups is 1. The van der Waals surface area contributed by atoms with Gasteiger partial charge in [-0.1, -0.05) is 12.1 Å². The molecule has 194 valence electrons. The minimum Gasteiger partial charge on any atom is -0.508 e. The molecule has 0 radical (unpaired) electrons. The second kappa shape index (κ2) is 14.5. The highest BCUT2D eigenvalue weighted by molar-refractivity contribution is 5.73. The second-order valence-electron chi connectivity index (χ2n) is 7.84. The number of benzene rings is 1. The zero-order chi connectivity index (χ0) is 26.5. The summed E-state index contributed by atoms with van der Waals surface area (Å²) in [4.78, 5) is 59.9. The van der Waals surface area contributed by atoms with Gasteiger partial charge in [0.2, 0.25) is 0 Å². The Kier molecular flexibility index (Phi) is 12.1. The maximum absolute atomic E-state index is 11.4. The van der Waals surface area contributed by atoms with Gasteiger partial charge in [-0.3, -0.25) is 38.7 Å². The minimum atomic E-state index is -1.29. The van der Waals surface area contributed by atoms with Crippen molar-refractivity contribution < 1.29 is 54.6 Å². The number of hydrogen-bond donors (Lipinski definition) is 6. The van der Waals surface area contributed by atoms with Crippen LogP contribution in [0.25, 0.3) is 0 Å². The fourth-order valence-corrected chi connectivity index (χ4v) is 3.48. The third-order valence-corrected chi connectivity index (χ3v) is 4.88. The number of phenolic OH excluding ortho intramolecular Hbond substituents is 1. The molecule has 1 unspecified atom stereocenters. The predicted molar refractivity (Wildman–Crippen MR) is 118 cm³/mol. The quantitative estimate of drug-likeness (QED) is 0.137. The smallest absolute Gasteiger partial charge is 0.317 e. The number of carboxylic acid groups (broad SMARTS) is 5. The molecule has 1 rings (SSSR count). The van der Waals surface area contributed by atoms with Crippen LogP contribution in [0.3, 0.4) is 0 Å². The average Bonchev–Trinajstić information content (AvgIpc) is 2.70. The van der Waals surface area contributed by atoms with Crippen LogP contribution in [0, 0.1) is 0 Å². The van der Waals surface area contributed by atoms with E-state index in [1.54, 1.807) is 12.1 Å². The molecule has 0 spiro atoms. The molecule has 0 heterocycles. The van der Waals surface area contributed by atoms with Crippen molar-refractivity contribution in [2.75, 3.05) is 52.4 Å². The van der Waals surface area contributed by atoms with Crippen molar-refractivity contribution in [2.24, 2.45) is 0 Å². The molecule has 1 atom stereocenters. The molecule has 0 amide bonds. The van der Waals surface area contributed by atoms with Crippen LogP contribution in [0.5, 0.6) is 5.75 Å². The van der Waals surface area contributed by atoms with Crippen molar-refractivity contribution in [3.05, 3.63) is 29.8 Å². The standard InChI is InChI=1S/C21H29N3O11/c25-16-3-1-14(2-4-16)7-15(24(12-20(32)33)13-21(34)35)8-22(9-17(26)27)5-6-23(10-18(28)29)11-19(30)31/h1-4,15,25H,5-13H2,(H,26,27)(H,28,29)(H,30,31)(H,32,33)(H,34,35). The van der Waals surface area contributed by atoms with E-state index < -0.39 is 68.6 Å². The van der Waals surface area contributed by atoms with Crippen LogP contribution in [0.1, 0.15) is 5.56 Å². The van der Waals surface area contributed by atoms with Gasteiger partial charge in [-0.05, 0) is 24.1 Å². The first-order valence-electron chi connectivity index (χ1n) is 10.4. The Balaban J connectivity index is 3.17. The fourth-order valence-electron chi connectivity index (χ4n) is 3.48. The van der Waals surface area contributed by atoms with E-state index in [4.69, 9.17) is 10.2 Å². The molecule has 0 aliphatic heterocycles. The summed E-state index contributed by atoms with van der Waals surface area (Å²) in [5.74, 6) is -6.37. The zero-order valence-corrected chi connectivity index (χ0v) is 18.8. The summed E-state index contributed by atoms with van der Waals surface area (Å²) in [6.07, 6.45) is 0.116. The van der Waals surface area contributed by atoms with Crippen LogP contribution < -0.4 is 0 Å². The topological polar surface area (TPSA) is 216 Å². The number of rotatable bonds is 18. The van der Waals surface area contributed by atoms with Gasteiger partial charge in [0.15, 0.2) is 0 Å². The van der Waals surface area contributed by atoms with Gasteiger partial charge in [-0.2, -0.15) is 0 Å². The molecule has 0 bridgehead atoms. The van der Waals surface area contributed by atoms with Crippen molar-refractivity contribution in [3.63, 3.8) is 0 Å². The molecule has 0 aliphatic carbocycles. The van der Waals surface area contributed by atoms with Gasteiger partial charge >= 0.3 is 29.8 Å². The Labute approximate surface area is 200 Å². The average molecular weight is 499 g/mol. The Morgan fingerprint density at radius 2 is 1.03 bits per heavy atom. The molecule has 14 nitrogen and oxygen atoms in total. The van der Waals surface area contributed by atoms with Crippen molar-refractivity contribution in [1.82, 2.24) is 14.7 Å². The number of hydrogen-bond acceptors (Lipinski definition) is 9. The van der Waals surface area contributed by atoms with Crippen LogP contribution in [0.15, 0.2) is 24.3 Å². The molecule has 0 fully saturated rings. The summed E-state index contributed by atoms with van der Waals surface area (Å²) in [5.41, 5.74) is 0.627. The molecule has 1 aromatic rings. The van der Waals surface area contributed by atoms with E-state index in [1.807, 2.05) is 0 Å². The Morgan fingerprint density at radius 1 is 0.629 bits per heavy atom. The summed E-state index contributed by atoms with van der Waals surface area (Å²) >= 11 is 0. The van der Waals surface area contributed by atoms with Crippen LogP contribution in [0.2, 0.25) is 0 Å². The van der Waals surface area contributed by atoms with E-state index in [1.165, 1.54) is 21.9 Å². The molecule has 0 saturated heterocycles. The lowest BCUT2D eigenvalue weighted by Gasteiger charge is -2.34. The number of carboxylic acids is 5. The van der Waals surface area contributed by atoms with Gasteiger partial charge in [0.25, 0.3) is 0 Å². The van der Waals surface area contributed by atoms with E-state index in [2.05, 4.69) is 0 Å². The Bertz CT molecular complexity index is 859. The lowest BCUT2D eigenvalue weighted by atomic mass is 10.0. The van der Waals surface area contributed by atoms with Crippen LogP contribution >= 0.6 is 0 Å². The lowest BCUT2D eigenvalue weighted by Crippen LogP contribution is -2.51. The largest absolute Gasteiger partial charge is 0.508 e. The third-order valence-electron chi connectivity index (χ3n) is 4.88. The van der Waals surface area contributed by atoms with Gasteiger partial charge in [0.05, 0.1) is 32.7 Å². The van der Waals surface area contributed by atoms with Crippen molar-refractivity contribution >= 4 is 29.8 Å². The zero-order valence-electron chi connectivity index (χ0n) is 18.8. The summed E-state index contributed by atoms with van der Waals surface area (Å²) in [6.45, 7) is -3.29. The molecule has 14 heteroatoms. The SMILES string of the molecule is O=C(O)CN(CCN(CC(=O)O)CC(Cc1ccc(O)cc1)N(CC(=O)O)CC(=O)O)CC(=O)O. The first-order chi connectivity index (χ1) is 16.3. The highest BCUT2D eigenvalue weighted by Crippen LogP contribution is 2.15. The number of carbonyl (C=O) groups is 5. The van der Waals surface area contributed by atoms with Crippen molar-refractivity contribution in [2.45, 2.75) is 12.5 Å². The number of nitrogens with zero attached hydrogens (tertiary/aromatic N) is 3. The fraction of sp³-hybridized carbons (Fsp3) is 0.476. The van der Waals surface area contributed by atoms with E-state index in [0.29, 0.717) is 5.56 Å². The normalized spacial score (nSPS) is 12.1. The molecular formula is C21H29N3O11. The molecule has 0 aromatic heterocycles. The predicted octanol–water partition coefficient (Wildman–Crippen LogP) is -1.37. The first kappa shape index (κ1) is 29.3. The van der Waals surface area contributed by atoms with Crippen molar-refractivity contribution in [1.29, 1.82) is 0 Å². The molecule has 35 heavy (non-hydrogen) atoms. The van der Waals surface area contributed by atoms with Gasteiger partial charge in [0, 0.05) is 25.7 Å².